The van der Waals surface area contributed by atoms with Crippen LogP contribution >= 0.6 is 23.4 Å². The molecule has 3 nitrogen and oxygen atoms in total. The maximum Gasteiger partial charge on any atom is 0.260 e. The molecule has 0 spiro atoms. The molecule has 1 atom stereocenters. The van der Waals surface area contributed by atoms with Crippen molar-refractivity contribution in [3.05, 3.63) is 40.7 Å². The summed E-state index contributed by atoms with van der Waals surface area (Å²) in [5.41, 5.74) is 1.63. The molecule has 1 aromatic carbocycles. The summed E-state index contributed by atoms with van der Waals surface area (Å²) in [4.78, 5) is 5.05. The molecular formula is C12H12ClNO2S. The van der Waals surface area contributed by atoms with Crippen molar-refractivity contribution >= 4 is 23.4 Å². The third kappa shape index (κ3) is 3.03. The van der Waals surface area contributed by atoms with Crippen LogP contribution in [0.4, 0.5) is 0 Å². The third-order valence-corrected chi connectivity index (χ3v) is 3.60. The Kier molecular flexibility index (Phi) is 3.76. The number of nitrogens with zero attached hydrogens (tertiary/aromatic N) is 1. The highest BCUT2D eigenvalue weighted by Crippen LogP contribution is 2.34. The minimum atomic E-state index is -0.518. The van der Waals surface area contributed by atoms with Crippen molar-refractivity contribution < 1.29 is 9.52 Å². The van der Waals surface area contributed by atoms with Gasteiger partial charge in [-0.1, -0.05) is 17.7 Å². The average Bonchev–Trinajstić information content (AvgIpc) is 2.67. The van der Waals surface area contributed by atoms with Crippen molar-refractivity contribution in [3.8, 4) is 0 Å². The predicted octanol–water partition coefficient (Wildman–Crippen LogP) is 3.84. The predicted molar refractivity (Wildman–Crippen MR) is 67.4 cm³/mol. The van der Waals surface area contributed by atoms with Crippen LogP contribution in [0.15, 0.2) is 39.0 Å². The van der Waals surface area contributed by atoms with Crippen LogP contribution in [0.3, 0.4) is 0 Å². The van der Waals surface area contributed by atoms with E-state index in [1.807, 2.05) is 19.1 Å². The van der Waals surface area contributed by atoms with Crippen LogP contribution in [0.2, 0.25) is 5.02 Å². The number of aliphatic hydroxyl groups is 1. The summed E-state index contributed by atoms with van der Waals surface area (Å²) in [7, 11) is 0. The first-order valence-electron chi connectivity index (χ1n) is 5.14. The number of benzene rings is 1. The van der Waals surface area contributed by atoms with E-state index in [1.54, 1.807) is 19.3 Å². The van der Waals surface area contributed by atoms with Gasteiger partial charge in [-0.2, -0.15) is 0 Å². The number of aromatic nitrogens is 1. The second-order valence-electron chi connectivity index (χ2n) is 3.72. The number of hydrogen-bond donors (Lipinski definition) is 1. The van der Waals surface area contributed by atoms with Crippen LogP contribution in [0.25, 0.3) is 0 Å². The molecule has 2 aromatic rings. The topological polar surface area (TPSA) is 46.3 Å². The highest BCUT2D eigenvalue weighted by Gasteiger charge is 2.09. The lowest BCUT2D eigenvalue weighted by Crippen LogP contribution is -1.90. The number of halogens is 1. The van der Waals surface area contributed by atoms with E-state index in [-0.39, 0.29) is 0 Å². The molecule has 0 fully saturated rings. The fourth-order valence-corrected chi connectivity index (χ4v) is 2.40. The Bertz CT molecular complexity index is 525. The average molecular weight is 270 g/mol. The first kappa shape index (κ1) is 12.5. The molecule has 1 N–H and O–H groups in total. The van der Waals surface area contributed by atoms with Crippen LogP contribution < -0.4 is 0 Å². The van der Waals surface area contributed by atoms with Crippen LogP contribution in [0.5, 0.6) is 0 Å². The summed E-state index contributed by atoms with van der Waals surface area (Å²) in [6, 6.07) is 5.45. The molecule has 0 bridgehead atoms. The molecule has 17 heavy (non-hydrogen) atoms. The van der Waals surface area contributed by atoms with Gasteiger partial charge in [-0.05, 0) is 43.3 Å². The first-order valence-corrected chi connectivity index (χ1v) is 6.33. The molecule has 2 rings (SSSR count). The van der Waals surface area contributed by atoms with E-state index in [2.05, 4.69) is 4.98 Å². The van der Waals surface area contributed by atoms with Gasteiger partial charge in [0.05, 0.1) is 16.8 Å². The zero-order chi connectivity index (χ0) is 12.4. The Morgan fingerprint density at radius 1 is 1.47 bits per heavy atom. The summed E-state index contributed by atoms with van der Waals surface area (Å²) in [6.07, 6.45) is 1.08. The smallest absolute Gasteiger partial charge is 0.260 e. The van der Waals surface area contributed by atoms with Crippen molar-refractivity contribution in [1.82, 2.24) is 4.98 Å². The second-order valence-corrected chi connectivity index (χ2v) is 5.12. The number of rotatable bonds is 3. The summed E-state index contributed by atoms with van der Waals surface area (Å²) in [5.74, 6) is 0. The number of aryl methyl sites for hydroxylation is 1. The van der Waals surface area contributed by atoms with E-state index < -0.39 is 6.10 Å². The van der Waals surface area contributed by atoms with E-state index in [0.717, 1.165) is 16.2 Å². The maximum absolute atomic E-state index is 9.44. The molecule has 0 aliphatic carbocycles. The van der Waals surface area contributed by atoms with Gasteiger partial charge >= 0.3 is 0 Å². The Hall–Kier alpha value is -0.970. The van der Waals surface area contributed by atoms with Gasteiger partial charge in [0.25, 0.3) is 5.22 Å². The van der Waals surface area contributed by atoms with Gasteiger partial charge in [-0.25, -0.2) is 4.98 Å². The Morgan fingerprint density at radius 2 is 2.24 bits per heavy atom. The van der Waals surface area contributed by atoms with Crippen LogP contribution in [-0.2, 0) is 0 Å². The van der Waals surface area contributed by atoms with Gasteiger partial charge in [-0.3, -0.25) is 0 Å². The highest BCUT2D eigenvalue weighted by atomic mass is 35.5. The second kappa shape index (κ2) is 5.12. The fourth-order valence-electron chi connectivity index (χ4n) is 1.33. The fraction of sp³-hybridized carbons (Fsp3) is 0.250. The van der Waals surface area contributed by atoms with E-state index in [9.17, 15) is 5.11 Å². The lowest BCUT2D eigenvalue weighted by atomic mass is 10.1. The number of oxazole rings is 1. The first-order chi connectivity index (χ1) is 8.06. The zero-order valence-electron chi connectivity index (χ0n) is 9.48. The summed E-state index contributed by atoms with van der Waals surface area (Å²) in [5, 5.41) is 10.6. The third-order valence-electron chi connectivity index (χ3n) is 2.23. The molecule has 0 amide bonds. The molecule has 0 saturated heterocycles. The Balaban J connectivity index is 2.22. The summed E-state index contributed by atoms with van der Waals surface area (Å²) >= 11 is 7.49. The normalized spacial score (nSPS) is 12.7. The van der Waals surface area contributed by atoms with Crippen molar-refractivity contribution in [2.45, 2.75) is 30.1 Å². The number of hydrogen-bond acceptors (Lipinski definition) is 4. The van der Waals surface area contributed by atoms with Gasteiger partial charge in [0.2, 0.25) is 0 Å². The molecule has 1 heterocycles. The lowest BCUT2D eigenvalue weighted by Gasteiger charge is -2.07. The van der Waals surface area contributed by atoms with Crippen LogP contribution in [0.1, 0.15) is 24.3 Å². The lowest BCUT2D eigenvalue weighted by molar-refractivity contribution is 0.199. The van der Waals surface area contributed by atoms with E-state index >= 15 is 0 Å². The van der Waals surface area contributed by atoms with E-state index in [1.165, 1.54) is 11.8 Å². The number of aliphatic hydroxyl groups excluding tert-OH is 1. The summed E-state index contributed by atoms with van der Waals surface area (Å²) < 4.78 is 5.24. The van der Waals surface area contributed by atoms with Gasteiger partial charge in [-0.15, -0.1) is 0 Å². The van der Waals surface area contributed by atoms with Gasteiger partial charge in [0.1, 0.15) is 6.26 Å². The highest BCUT2D eigenvalue weighted by molar-refractivity contribution is 7.99. The van der Waals surface area contributed by atoms with Gasteiger partial charge < -0.3 is 9.52 Å². The molecular weight excluding hydrogens is 258 g/mol. The molecule has 90 valence electrons. The minimum absolute atomic E-state index is 0.518. The Morgan fingerprint density at radius 3 is 2.76 bits per heavy atom. The SMILES string of the molecule is Cc1coc(Sc2ccc([C@@H](C)O)cc2Cl)n1. The molecule has 1 aromatic heterocycles. The molecule has 5 heteroatoms. The largest absolute Gasteiger partial charge is 0.439 e. The molecule has 0 radical (unpaired) electrons. The quantitative estimate of drug-likeness (QED) is 0.920. The van der Waals surface area contributed by atoms with Crippen molar-refractivity contribution in [1.29, 1.82) is 0 Å². The summed E-state index contributed by atoms with van der Waals surface area (Å²) in [6.45, 7) is 3.57. The molecule has 0 aliphatic heterocycles. The van der Waals surface area contributed by atoms with E-state index in [4.69, 9.17) is 16.0 Å². The molecule has 0 saturated carbocycles. The minimum Gasteiger partial charge on any atom is -0.439 e. The van der Waals surface area contributed by atoms with Gasteiger partial charge in [0, 0.05) is 4.90 Å². The van der Waals surface area contributed by atoms with Crippen molar-refractivity contribution in [2.75, 3.05) is 0 Å². The molecule has 0 aliphatic rings. The van der Waals surface area contributed by atoms with E-state index in [0.29, 0.717) is 10.2 Å². The van der Waals surface area contributed by atoms with Crippen molar-refractivity contribution in [3.63, 3.8) is 0 Å². The van der Waals surface area contributed by atoms with Gasteiger partial charge in [0.15, 0.2) is 0 Å². The standard InChI is InChI=1S/C12H12ClNO2S/c1-7-6-16-12(14-7)17-11-4-3-9(8(2)15)5-10(11)13/h3-6,8,15H,1-2H3/t8-/m1/s1. The van der Waals surface area contributed by atoms with Crippen molar-refractivity contribution in [2.24, 2.45) is 0 Å². The van der Waals surface area contributed by atoms with Crippen LogP contribution in [-0.4, -0.2) is 10.1 Å². The van der Waals surface area contributed by atoms with Crippen LogP contribution in [0, 0.1) is 6.92 Å². The maximum atomic E-state index is 9.44. The monoisotopic (exact) mass is 269 g/mol. The zero-order valence-corrected chi connectivity index (χ0v) is 11.0. The Labute approximate surface area is 109 Å². The molecule has 0 unspecified atom stereocenters.